The summed E-state index contributed by atoms with van der Waals surface area (Å²) in [5.41, 5.74) is 8.00. The first-order valence-electron chi connectivity index (χ1n) is 6.00. The summed E-state index contributed by atoms with van der Waals surface area (Å²) in [7, 11) is 0. The molecule has 0 unspecified atom stereocenters. The summed E-state index contributed by atoms with van der Waals surface area (Å²) in [5, 5.41) is 0. The van der Waals surface area contributed by atoms with Crippen molar-refractivity contribution in [1.82, 2.24) is 0 Å². The third-order valence-corrected chi connectivity index (χ3v) is 2.30. The number of unbranched alkanes of at least 4 members (excludes halogenated alkanes) is 2. The fraction of sp³-hybridized carbons (Fsp3) is 0.571. The average Bonchev–Trinajstić information content (AvgIpc) is 2.27. The van der Waals surface area contributed by atoms with Crippen LogP contribution in [0.4, 0.5) is 0 Å². The van der Waals surface area contributed by atoms with E-state index in [1.807, 2.05) is 0 Å². The van der Waals surface area contributed by atoms with Crippen LogP contribution in [0.15, 0.2) is 24.3 Å². The van der Waals surface area contributed by atoms with E-state index in [0.717, 1.165) is 13.0 Å². The zero-order chi connectivity index (χ0) is 11.5. The molecule has 0 saturated heterocycles. The van der Waals surface area contributed by atoms with Gasteiger partial charge >= 0.3 is 0 Å². The van der Waals surface area contributed by atoms with Crippen LogP contribution in [0.3, 0.4) is 0 Å². The molecular weight excluding hydrogens is 182 g/mol. The number of hydrogen-bond acceptors (Lipinski definition) is 1. The van der Waals surface area contributed by atoms with E-state index < -0.39 is 0 Å². The van der Waals surface area contributed by atoms with Crippen molar-refractivity contribution in [3.8, 4) is 0 Å². The van der Waals surface area contributed by atoms with Crippen LogP contribution in [0.25, 0.3) is 0 Å². The molecule has 0 heterocycles. The first-order chi connectivity index (χ1) is 7.24. The highest BCUT2D eigenvalue weighted by Gasteiger charge is 1.85. The molecule has 1 nitrogen and oxygen atoms in total. The SMILES string of the molecule is CCCCCN.CCc1cccc(C)c1. The maximum absolute atomic E-state index is 5.21. The normalized spacial score (nSPS) is 9.33. The van der Waals surface area contributed by atoms with Gasteiger partial charge in [0.25, 0.3) is 0 Å². The summed E-state index contributed by atoms with van der Waals surface area (Å²) in [6.45, 7) is 7.33. The predicted molar refractivity (Wildman–Crippen MR) is 69.1 cm³/mol. The van der Waals surface area contributed by atoms with Crippen LogP contribution in [-0.2, 0) is 6.42 Å². The lowest BCUT2D eigenvalue weighted by Crippen LogP contribution is -1.96. The van der Waals surface area contributed by atoms with Gasteiger partial charge in [-0.25, -0.2) is 0 Å². The fourth-order valence-corrected chi connectivity index (χ4v) is 1.33. The maximum Gasteiger partial charge on any atom is -0.00773 e. The maximum atomic E-state index is 5.21. The molecule has 0 aliphatic rings. The largest absolute Gasteiger partial charge is 0.330 e. The van der Waals surface area contributed by atoms with Gasteiger partial charge in [0.2, 0.25) is 0 Å². The van der Waals surface area contributed by atoms with E-state index in [4.69, 9.17) is 5.73 Å². The first-order valence-corrected chi connectivity index (χ1v) is 6.00. The van der Waals surface area contributed by atoms with Crippen LogP contribution in [0.1, 0.15) is 44.2 Å². The number of rotatable bonds is 4. The van der Waals surface area contributed by atoms with Crippen molar-refractivity contribution in [3.05, 3.63) is 35.4 Å². The molecule has 0 atom stereocenters. The van der Waals surface area contributed by atoms with Crippen LogP contribution >= 0.6 is 0 Å². The summed E-state index contributed by atoms with van der Waals surface area (Å²) < 4.78 is 0. The molecule has 1 heteroatoms. The highest BCUT2D eigenvalue weighted by Crippen LogP contribution is 2.03. The molecule has 1 aromatic carbocycles. The zero-order valence-electron chi connectivity index (χ0n) is 10.4. The van der Waals surface area contributed by atoms with Gasteiger partial charge in [-0.3, -0.25) is 0 Å². The lowest BCUT2D eigenvalue weighted by Gasteiger charge is -1.95. The number of benzene rings is 1. The first kappa shape index (κ1) is 14.2. The minimum Gasteiger partial charge on any atom is -0.330 e. The molecule has 0 amide bonds. The summed E-state index contributed by atoms with van der Waals surface area (Å²) in [4.78, 5) is 0. The standard InChI is InChI=1S/C9H12.C5H13N/c1-3-9-6-4-5-8(2)7-9;1-2-3-4-5-6/h4-7H,3H2,1-2H3;2-6H2,1H3. The molecule has 0 aliphatic carbocycles. The number of nitrogens with two attached hydrogens (primary N) is 1. The molecule has 2 N–H and O–H groups in total. The molecule has 0 bridgehead atoms. The van der Waals surface area contributed by atoms with Crippen LogP contribution in [-0.4, -0.2) is 6.54 Å². The van der Waals surface area contributed by atoms with Gasteiger partial charge < -0.3 is 5.73 Å². The van der Waals surface area contributed by atoms with Gasteiger partial charge in [-0.05, 0) is 31.9 Å². The Morgan fingerprint density at radius 3 is 2.20 bits per heavy atom. The van der Waals surface area contributed by atoms with Gasteiger partial charge in [0.15, 0.2) is 0 Å². The van der Waals surface area contributed by atoms with E-state index in [9.17, 15) is 0 Å². The highest BCUT2D eigenvalue weighted by atomic mass is 14.5. The third-order valence-electron chi connectivity index (χ3n) is 2.30. The summed E-state index contributed by atoms with van der Waals surface area (Å²) >= 11 is 0. The van der Waals surface area contributed by atoms with Crippen LogP contribution in [0.2, 0.25) is 0 Å². The Kier molecular flexibility index (Phi) is 9.19. The van der Waals surface area contributed by atoms with Gasteiger partial charge in [0.05, 0.1) is 0 Å². The molecule has 0 radical (unpaired) electrons. The predicted octanol–water partition coefficient (Wildman–Crippen LogP) is 3.69. The number of hydrogen-bond donors (Lipinski definition) is 1. The molecule has 0 aromatic heterocycles. The summed E-state index contributed by atoms with van der Waals surface area (Å²) in [5.74, 6) is 0. The number of aryl methyl sites for hydroxylation is 2. The van der Waals surface area contributed by atoms with Crippen LogP contribution in [0, 0.1) is 6.92 Å². The molecule has 1 aromatic rings. The molecule has 0 spiro atoms. The van der Waals surface area contributed by atoms with E-state index in [2.05, 4.69) is 45.0 Å². The van der Waals surface area contributed by atoms with Crippen molar-refractivity contribution in [1.29, 1.82) is 0 Å². The monoisotopic (exact) mass is 207 g/mol. The third kappa shape index (κ3) is 8.19. The second-order valence-electron chi connectivity index (χ2n) is 3.84. The van der Waals surface area contributed by atoms with E-state index in [1.54, 1.807) is 0 Å². The van der Waals surface area contributed by atoms with Crippen molar-refractivity contribution in [2.75, 3.05) is 6.54 Å². The second kappa shape index (κ2) is 9.72. The van der Waals surface area contributed by atoms with E-state index in [1.165, 1.54) is 30.4 Å². The zero-order valence-corrected chi connectivity index (χ0v) is 10.4. The Morgan fingerprint density at radius 2 is 1.87 bits per heavy atom. The molecule has 0 aliphatic heterocycles. The molecular formula is C14H25N. The second-order valence-corrected chi connectivity index (χ2v) is 3.84. The van der Waals surface area contributed by atoms with Gasteiger partial charge in [-0.1, -0.05) is 56.5 Å². The van der Waals surface area contributed by atoms with E-state index in [-0.39, 0.29) is 0 Å². The van der Waals surface area contributed by atoms with Gasteiger partial charge in [0.1, 0.15) is 0 Å². The summed E-state index contributed by atoms with van der Waals surface area (Å²) in [6, 6.07) is 8.61. The smallest absolute Gasteiger partial charge is 0.00773 e. The summed E-state index contributed by atoms with van der Waals surface area (Å²) in [6.07, 6.45) is 4.89. The van der Waals surface area contributed by atoms with Crippen molar-refractivity contribution < 1.29 is 0 Å². The Bertz CT molecular complexity index is 239. The molecule has 86 valence electrons. The van der Waals surface area contributed by atoms with Crippen molar-refractivity contribution in [2.45, 2.75) is 46.5 Å². The van der Waals surface area contributed by atoms with Crippen LogP contribution < -0.4 is 5.73 Å². The lowest BCUT2D eigenvalue weighted by molar-refractivity contribution is 0.727. The molecule has 15 heavy (non-hydrogen) atoms. The molecule has 0 saturated carbocycles. The lowest BCUT2D eigenvalue weighted by atomic mass is 10.1. The quantitative estimate of drug-likeness (QED) is 0.749. The van der Waals surface area contributed by atoms with E-state index >= 15 is 0 Å². The minimum atomic E-state index is 0.855. The van der Waals surface area contributed by atoms with E-state index in [0.29, 0.717) is 0 Å². The van der Waals surface area contributed by atoms with Crippen molar-refractivity contribution in [3.63, 3.8) is 0 Å². The Balaban J connectivity index is 0.000000288. The highest BCUT2D eigenvalue weighted by molar-refractivity contribution is 5.21. The van der Waals surface area contributed by atoms with Gasteiger partial charge in [-0.2, -0.15) is 0 Å². The molecule has 1 rings (SSSR count). The fourth-order valence-electron chi connectivity index (χ4n) is 1.33. The average molecular weight is 207 g/mol. The topological polar surface area (TPSA) is 26.0 Å². The van der Waals surface area contributed by atoms with Crippen LogP contribution in [0.5, 0.6) is 0 Å². The minimum absolute atomic E-state index is 0.855. The Morgan fingerprint density at radius 1 is 1.13 bits per heavy atom. The Labute approximate surface area is 94.7 Å². The van der Waals surface area contributed by atoms with Crippen molar-refractivity contribution >= 4 is 0 Å². The molecule has 0 fully saturated rings. The van der Waals surface area contributed by atoms with Crippen molar-refractivity contribution in [2.24, 2.45) is 5.73 Å². The van der Waals surface area contributed by atoms with Gasteiger partial charge in [-0.15, -0.1) is 0 Å². The Hall–Kier alpha value is -0.820. The van der Waals surface area contributed by atoms with Gasteiger partial charge in [0, 0.05) is 0 Å².